The quantitative estimate of drug-likeness (QED) is 0.508. The average molecular weight is 528 g/mol. The van der Waals surface area contributed by atoms with Gasteiger partial charge >= 0.3 is 0 Å². The van der Waals surface area contributed by atoms with E-state index >= 15 is 0 Å². The van der Waals surface area contributed by atoms with E-state index in [1.807, 2.05) is 54.6 Å². The normalized spacial score (nSPS) is 12.2. The SMILES string of the molecule is CC(O)CC(C)O.[Ir].[c-]1ccccc1-c1nccnc1-c1ccccc1. The van der Waals surface area contributed by atoms with Gasteiger partial charge in [0.25, 0.3) is 0 Å². The van der Waals surface area contributed by atoms with Crippen LogP contribution in [-0.2, 0) is 20.1 Å². The Labute approximate surface area is 168 Å². The summed E-state index contributed by atoms with van der Waals surface area (Å²) in [6.07, 6.45) is 3.15. The van der Waals surface area contributed by atoms with Crippen LogP contribution in [0.25, 0.3) is 22.5 Å². The number of benzene rings is 2. The minimum atomic E-state index is -0.375. The topological polar surface area (TPSA) is 66.2 Å². The van der Waals surface area contributed by atoms with E-state index in [1.54, 1.807) is 26.2 Å². The third-order valence-corrected chi connectivity index (χ3v) is 3.39. The second kappa shape index (κ2) is 11.7. The summed E-state index contributed by atoms with van der Waals surface area (Å²) < 4.78 is 0. The Morgan fingerprint density at radius 2 is 1.42 bits per heavy atom. The molecule has 1 radical (unpaired) electrons. The third kappa shape index (κ3) is 7.14. The van der Waals surface area contributed by atoms with Crippen LogP contribution in [0.4, 0.5) is 0 Å². The van der Waals surface area contributed by atoms with Crippen molar-refractivity contribution in [2.75, 3.05) is 0 Å². The first kappa shape index (κ1) is 22.1. The summed E-state index contributed by atoms with van der Waals surface area (Å²) in [4.78, 5) is 8.87. The van der Waals surface area contributed by atoms with Crippen molar-refractivity contribution in [3.8, 4) is 22.5 Å². The van der Waals surface area contributed by atoms with Gasteiger partial charge in [0.1, 0.15) is 0 Å². The molecule has 0 saturated heterocycles. The summed E-state index contributed by atoms with van der Waals surface area (Å²) >= 11 is 0. The van der Waals surface area contributed by atoms with Crippen molar-refractivity contribution >= 4 is 0 Å². The molecule has 1 aromatic heterocycles. The molecular formula is C21H23IrN2O2-. The van der Waals surface area contributed by atoms with Crippen molar-refractivity contribution in [1.82, 2.24) is 9.97 Å². The van der Waals surface area contributed by atoms with Gasteiger partial charge in [-0.3, -0.25) is 4.98 Å². The van der Waals surface area contributed by atoms with Crippen molar-refractivity contribution in [3.63, 3.8) is 0 Å². The number of aromatic nitrogens is 2. The molecule has 5 heteroatoms. The van der Waals surface area contributed by atoms with Crippen LogP contribution in [0, 0.1) is 6.07 Å². The van der Waals surface area contributed by atoms with E-state index in [9.17, 15) is 0 Å². The summed E-state index contributed by atoms with van der Waals surface area (Å²) in [6, 6.07) is 21.1. The number of rotatable bonds is 4. The molecule has 0 spiro atoms. The molecule has 0 aliphatic rings. The summed E-state index contributed by atoms with van der Waals surface area (Å²) in [5.74, 6) is 0. The third-order valence-electron chi connectivity index (χ3n) is 3.39. The fourth-order valence-corrected chi connectivity index (χ4v) is 2.38. The minimum absolute atomic E-state index is 0. The Morgan fingerprint density at radius 1 is 0.846 bits per heavy atom. The van der Waals surface area contributed by atoms with Crippen molar-refractivity contribution in [1.29, 1.82) is 0 Å². The smallest absolute Gasteiger partial charge is 0.0547 e. The first-order valence-corrected chi connectivity index (χ1v) is 8.27. The molecule has 26 heavy (non-hydrogen) atoms. The molecule has 0 aliphatic heterocycles. The molecular weight excluding hydrogens is 504 g/mol. The van der Waals surface area contributed by atoms with Gasteiger partial charge in [-0.15, -0.1) is 35.9 Å². The van der Waals surface area contributed by atoms with Crippen LogP contribution in [-0.4, -0.2) is 32.4 Å². The molecule has 2 atom stereocenters. The zero-order valence-electron chi connectivity index (χ0n) is 14.8. The van der Waals surface area contributed by atoms with Gasteiger partial charge in [0.2, 0.25) is 0 Å². The van der Waals surface area contributed by atoms with E-state index in [0.717, 1.165) is 22.5 Å². The van der Waals surface area contributed by atoms with E-state index in [-0.39, 0.29) is 32.3 Å². The van der Waals surface area contributed by atoms with Gasteiger partial charge in [0.15, 0.2) is 0 Å². The monoisotopic (exact) mass is 528 g/mol. The van der Waals surface area contributed by atoms with Crippen molar-refractivity contribution in [3.05, 3.63) is 73.1 Å². The first-order chi connectivity index (χ1) is 12.1. The minimum Gasteiger partial charge on any atom is -0.393 e. The zero-order chi connectivity index (χ0) is 18.1. The van der Waals surface area contributed by atoms with Gasteiger partial charge in [-0.1, -0.05) is 30.3 Å². The maximum absolute atomic E-state index is 8.56. The summed E-state index contributed by atoms with van der Waals surface area (Å²) in [7, 11) is 0. The van der Waals surface area contributed by atoms with Gasteiger partial charge in [0.05, 0.1) is 17.9 Å². The Balaban J connectivity index is 0.000000366. The average Bonchev–Trinajstić information content (AvgIpc) is 2.63. The Hall–Kier alpha value is -1.91. The second-order valence-corrected chi connectivity index (χ2v) is 5.83. The van der Waals surface area contributed by atoms with Crippen LogP contribution in [0.15, 0.2) is 67.0 Å². The van der Waals surface area contributed by atoms with Crippen LogP contribution in [0.1, 0.15) is 20.3 Å². The molecule has 0 aliphatic carbocycles. The molecule has 0 amide bonds. The van der Waals surface area contributed by atoms with Crippen LogP contribution in [0.2, 0.25) is 0 Å². The largest absolute Gasteiger partial charge is 0.393 e. The molecule has 2 aromatic carbocycles. The van der Waals surface area contributed by atoms with Crippen molar-refractivity contribution in [2.45, 2.75) is 32.5 Å². The van der Waals surface area contributed by atoms with E-state index in [0.29, 0.717) is 6.42 Å². The maximum Gasteiger partial charge on any atom is 0.0547 e. The van der Waals surface area contributed by atoms with E-state index in [4.69, 9.17) is 10.2 Å². The Kier molecular flexibility index (Phi) is 9.92. The molecule has 2 unspecified atom stereocenters. The van der Waals surface area contributed by atoms with Crippen molar-refractivity contribution in [2.24, 2.45) is 0 Å². The second-order valence-electron chi connectivity index (χ2n) is 5.83. The summed E-state index contributed by atoms with van der Waals surface area (Å²) in [5.41, 5.74) is 3.78. The van der Waals surface area contributed by atoms with Gasteiger partial charge < -0.3 is 15.2 Å². The standard InChI is InChI=1S/C16H11N2.C5H12O2.Ir/c1-3-7-13(8-4-1)15-16(18-12-11-17-15)14-9-5-2-6-10-14;1-4(6)3-5(2)7;/h1-9,11-12H;4-7H,3H2,1-2H3;/q-1;;. The van der Waals surface area contributed by atoms with E-state index < -0.39 is 0 Å². The molecule has 1 heterocycles. The number of aliphatic hydroxyl groups excluding tert-OH is 2. The fraction of sp³-hybridized carbons (Fsp3) is 0.238. The summed E-state index contributed by atoms with van der Waals surface area (Å²) in [6.45, 7) is 3.32. The maximum atomic E-state index is 8.56. The van der Waals surface area contributed by atoms with Crippen LogP contribution in [0.3, 0.4) is 0 Å². The molecule has 0 fully saturated rings. The number of nitrogens with zero attached hydrogens (tertiary/aromatic N) is 2. The Bertz CT molecular complexity index is 686. The van der Waals surface area contributed by atoms with E-state index in [2.05, 4.69) is 16.0 Å². The van der Waals surface area contributed by atoms with Gasteiger partial charge in [-0.25, -0.2) is 0 Å². The van der Waals surface area contributed by atoms with Gasteiger partial charge in [-0.2, -0.15) is 0 Å². The molecule has 0 saturated carbocycles. The Morgan fingerprint density at radius 3 is 1.92 bits per heavy atom. The van der Waals surface area contributed by atoms with Gasteiger partial charge in [0, 0.05) is 38.2 Å². The zero-order valence-corrected chi connectivity index (χ0v) is 17.2. The number of hydrogen-bond acceptors (Lipinski definition) is 4. The molecule has 0 bridgehead atoms. The summed E-state index contributed by atoms with van der Waals surface area (Å²) in [5, 5.41) is 17.1. The van der Waals surface area contributed by atoms with E-state index in [1.165, 1.54) is 0 Å². The predicted molar refractivity (Wildman–Crippen MR) is 99.7 cm³/mol. The fourth-order valence-electron chi connectivity index (χ4n) is 2.38. The van der Waals surface area contributed by atoms with Crippen molar-refractivity contribution < 1.29 is 30.3 Å². The molecule has 2 N–H and O–H groups in total. The predicted octanol–water partition coefficient (Wildman–Crippen LogP) is 3.75. The molecule has 4 nitrogen and oxygen atoms in total. The molecule has 3 aromatic rings. The van der Waals surface area contributed by atoms with Gasteiger partial charge in [-0.05, 0) is 25.8 Å². The number of aliphatic hydroxyl groups is 2. The molecule has 139 valence electrons. The number of hydrogen-bond donors (Lipinski definition) is 2. The molecule has 3 rings (SSSR count). The van der Waals surface area contributed by atoms with Crippen LogP contribution < -0.4 is 0 Å². The van der Waals surface area contributed by atoms with Crippen LogP contribution >= 0.6 is 0 Å². The van der Waals surface area contributed by atoms with Crippen LogP contribution in [0.5, 0.6) is 0 Å². The first-order valence-electron chi connectivity index (χ1n) is 8.27.